The first-order valence-electron chi connectivity index (χ1n) is 8.75. The summed E-state index contributed by atoms with van der Waals surface area (Å²) in [5.41, 5.74) is 3.55. The van der Waals surface area contributed by atoms with Gasteiger partial charge < -0.3 is 15.0 Å². The maximum absolute atomic E-state index is 12.3. The van der Waals surface area contributed by atoms with E-state index in [-0.39, 0.29) is 18.2 Å². The standard InChI is InChI=1S/C21H25ClN2O3/c1-14-11-15(2)21(19(22)12-14)23-20(26)9-10-24(16(3)25)13-17-5-7-18(27-4)8-6-17/h5-8,11-12H,9-10,13H2,1-4H3,(H,23,26). The van der Waals surface area contributed by atoms with Crippen LogP contribution in [0, 0.1) is 13.8 Å². The van der Waals surface area contributed by atoms with Gasteiger partial charge in [-0.3, -0.25) is 9.59 Å². The first-order valence-corrected chi connectivity index (χ1v) is 9.13. The molecule has 0 unspecified atom stereocenters. The fraction of sp³-hybridized carbons (Fsp3) is 0.333. The largest absolute Gasteiger partial charge is 0.497 e. The lowest BCUT2D eigenvalue weighted by Gasteiger charge is -2.21. The lowest BCUT2D eigenvalue weighted by Crippen LogP contribution is -2.31. The quantitative estimate of drug-likeness (QED) is 0.767. The summed E-state index contributed by atoms with van der Waals surface area (Å²) in [5, 5.41) is 3.37. The molecule has 5 nitrogen and oxygen atoms in total. The van der Waals surface area contributed by atoms with Crippen molar-refractivity contribution in [2.75, 3.05) is 19.0 Å². The van der Waals surface area contributed by atoms with Crippen LogP contribution < -0.4 is 10.1 Å². The lowest BCUT2D eigenvalue weighted by atomic mass is 10.1. The van der Waals surface area contributed by atoms with E-state index in [0.29, 0.717) is 23.8 Å². The molecule has 0 fully saturated rings. The Morgan fingerprint density at radius 3 is 2.37 bits per heavy atom. The van der Waals surface area contributed by atoms with Crippen LogP contribution in [0.3, 0.4) is 0 Å². The fourth-order valence-electron chi connectivity index (χ4n) is 2.81. The minimum Gasteiger partial charge on any atom is -0.497 e. The zero-order chi connectivity index (χ0) is 20.0. The van der Waals surface area contributed by atoms with E-state index >= 15 is 0 Å². The molecule has 0 atom stereocenters. The van der Waals surface area contributed by atoms with Gasteiger partial charge in [0.15, 0.2) is 0 Å². The molecule has 0 heterocycles. The van der Waals surface area contributed by atoms with Crippen LogP contribution in [0.1, 0.15) is 30.0 Å². The van der Waals surface area contributed by atoms with E-state index in [9.17, 15) is 9.59 Å². The smallest absolute Gasteiger partial charge is 0.226 e. The molecule has 0 spiro atoms. The van der Waals surface area contributed by atoms with Crippen molar-refractivity contribution in [3.63, 3.8) is 0 Å². The second-order valence-corrected chi connectivity index (χ2v) is 6.93. The molecule has 0 aliphatic carbocycles. The summed E-state index contributed by atoms with van der Waals surface area (Å²) >= 11 is 6.23. The van der Waals surface area contributed by atoms with Gasteiger partial charge in [0.25, 0.3) is 0 Å². The Morgan fingerprint density at radius 2 is 1.81 bits per heavy atom. The lowest BCUT2D eigenvalue weighted by molar-refractivity contribution is -0.129. The Kier molecular flexibility index (Phi) is 7.25. The summed E-state index contributed by atoms with van der Waals surface area (Å²) in [7, 11) is 1.61. The number of nitrogens with zero attached hydrogens (tertiary/aromatic N) is 1. The zero-order valence-corrected chi connectivity index (χ0v) is 16.9. The number of carbonyl (C=O) groups excluding carboxylic acids is 2. The average molecular weight is 389 g/mol. The van der Waals surface area contributed by atoms with Gasteiger partial charge >= 0.3 is 0 Å². The van der Waals surface area contributed by atoms with Crippen molar-refractivity contribution in [2.24, 2.45) is 0 Å². The van der Waals surface area contributed by atoms with Crippen LogP contribution >= 0.6 is 11.6 Å². The summed E-state index contributed by atoms with van der Waals surface area (Å²) in [4.78, 5) is 25.9. The van der Waals surface area contributed by atoms with Crippen molar-refractivity contribution >= 4 is 29.1 Å². The van der Waals surface area contributed by atoms with Crippen LogP contribution in [0.25, 0.3) is 0 Å². The molecule has 0 aromatic heterocycles. The average Bonchev–Trinajstić information content (AvgIpc) is 2.61. The molecule has 2 aromatic carbocycles. The van der Waals surface area contributed by atoms with Crippen molar-refractivity contribution in [2.45, 2.75) is 33.7 Å². The number of anilines is 1. The van der Waals surface area contributed by atoms with Gasteiger partial charge in [-0.15, -0.1) is 0 Å². The van der Waals surface area contributed by atoms with E-state index in [1.54, 1.807) is 12.0 Å². The second-order valence-electron chi connectivity index (χ2n) is 6.53. The van der Waals surface area contributed by atoms with Gasteiger partial charge in [0.2, 0.25) is 11.8 Å². The molecule has 2 aromatic rings. The number of nitrogens with one attached hydrogen (secondary N) is 1. The number of ether oxygens (including phenoxy) is 1. The summed E-state index contributed by atoms with van der Waals surface area (Å²) in [6.45, 7) is 6.13. The SMILES string of the molecule is COc1ccc(CN(CCC(=O)Nc2c(C)cc(C)cc2Cl)C(C)=O)cc1. The predicted octanol–water partition coefficient (Wildman–Crippen LogP) is 4.34. The Morgan fingerprint density at radius 1 is 1.15 bits per heavy atom. The minimum absolute atomic E-state index is 0.0804. The molecular formula is C21H25ClN2O3. The Labute approximate surface area is 165 Å². The van der Waals surface area contributed by atoms with Gasteiger partial charge in [0, 0.05) is 26.4 Å². The number of methoxy groups -OCH3 is 1. The second kappa shape index (κ2) is 9.42. The maximum Gasteiger partial charge on any atom is 0.226 e. The fourth-order valence-corrected chi connectivity index (χ4v) is 3.18. The van der Waals surface area contributed by atoms with Crippen LogP contribution in [0.5, 0.6) is 5.75 Å². The Hall–Kier alpha value is -2.53. The van der Waals surface area contributed by atoms with Gasteiger partial charge in [0.1, 0.15) is 5.75 Å². The van der Waals surface area contributed by atoms with Crippen LogP contribution in [0.15, 0.2) is 36.4 Å². The molecule has 2 rings (SSSR count). The molecule has 27 heavy (non-hydrogen) atoms. The zero-order valence-electron chi connectivity index (χ0n) is 16.1. The molecule has 0 saturated carbocycles. The number of hydrogen-bond acceptors (Lipinski definition) is 3. The van der Waals surface area contributed by atoms with Gasteiger partial charge in [-0.05, 0) is 48.7 Å². The summed E-state index contributed by atoms with van der Waals surface area (Å²) in [6.07, 6.45) is 0.194. The highest BCUT2D eigenvalue weighted by atomic mass is 35.5. The Bertz CT molecular complexity index is 796. The number of aryl methyl sites for hydroxylation is 2. The molecule has 0 radical (unpaired) electrons. The summed E-state index contributed by atoms with van der Waals surface area (Å²) < 4.78 is 5.14. The van der Waals surface area contributed by atoms with Crippen molar-refractivity contribution in [1.29, 1.82) is 0 Å². The summed E-state index contributed by atoms with van der Waals surface area (Å²) in [5.74, 6) is 0.505. The van der Waals surface area contributed by atoms with Crippen molar-refractivity contribution in [1.82, 2.24) is 4.90 Å². The molecule has 2 amide bonds. The van der Waals surface area contributed by atoms with E-state index in [2.05, 4.69) is 5.32 Å². The van der Waals surface area contributed by atoms with Crippen LogP contribution in [-0.2, 0) is 16.1 Å². The summed E-state index contributed by atoms with van der Waals surface area (Å²) in [6, 6.07) is 11.3. The highest BCUT2D eigenvalue weighted by molar-refractivity contribution is 6.34. The van der Waals surface area contributed by atoms with Crippen LogP contribution in [0.4, 0.5) is 5.69 Å². The van der Waals surface area contributed by atoms with Gasteiger partial charge in [-0.2, -0.15) is 0 Å². The molecule has 0 saturated heterocycles. The van der Waals surface area contributed by atoms with E-state index in [1.165, 1.54) is 6.92 Å². The van der Waals surface area contributed by atoms with E-state index < -0.39 is 0 Å². The van der Waals surface area contributed by atoms with Gasteiger partial charge in [0.05, 0.1) is 17.8 Å². The molecule has 0 bridgehead atoms. The molecule has 0 aliphatic heterocycles. The van der Waals surface area contributed by atoms with Crippen molar-refractivity contribution in [3.8, 4) is 5.75 Å². The number of carbonyl (C=O) groups is 2. The van der Waals surface area contributed by atoms with Crippen LogP contribution in [-0.4, -0.2) is 30.4 Å². The molecule has 1 N–H and O–H groups in total. The molecule has 6 heteroatoms. The number of halogens is 1. The number of benzene rings is 2. The number of rotatable bonds is 7. The van der Waals surface area contributed by atoms with E-state index in [0.717, 1.165) is 22.4 Å². The third-order valence-corrected chi connectivity index (χ3v) is 4.58. The normalized spacial score (nSPS) is 10.4. The monoisotopic (exact) mass is 388 g/mol. The Balaban J connectivity index is 1.97. The first-order chi connectivity index (χ1) is 12.8. The van der Waals surface area contributed by atoms with Gasteiger partial charge in [-0.1, -0.05) is 29.8 Å². The minimum atomic E-state index is -0.176. The van der Waals surface area contributed by atoms with E-state index in [4.69, 9.17) is 16.3 Å². The van der Waals surface area contributed by atoms with Gasteiger partial charge in [-0.25, -0.2) is 0 Å². The van der Waals surface area contributed by atoms with Crippen molar-refractivity contribution < 1.29 is 14.3 Å². The van der Waals surface area contributed by atoms with E-state index in [1.807, 2.05) is 50.2 Å². The third-order valence-electron chi connectivity index (χ3n) is 4.28. The highest BCUT2D eigenvalue weighted by Gasteiger charge is 2.14. The maximum atomic E-state index is 12.3. The topological polar surface area (TPSA) is 58.6 Å². The number of hydrogen-bond donors (Lipinski definition) is 1. The highest BCUT2D eigenvalue weighted by Crippen LogP contribution is 2.27. The van der Waals surface area contributed by atoms with Crippen molar-refractivity contribution in [3.05, 3.63) is 58.1 Å². The molecule has 0 aliphatic rings. The first kappa shape index (κ1) is 20.8. The number of amides is 2. The molecule has 144 valence electrons. The van der Waals surface area contributed by atoms with Crippen LogP contribution in [0.2, 0.25) is 5.02 Å². The third kappa shape index (κ3) is 6.00. The molecular weight excluding hydrogens is 364 g/mol. The predicted molar refractivity (Wildman–Crippen MR) is 108 cm³/mol.